The summed E-state index contributed by atoms with van der Waals surface area (Å²) in [6.07, 6.45) is 0. The molecule has 1 amide bonds. The molecule has 0 saturated carbocycles. The van der Waals surface area contributed by atoms with E-state index in [4.69, 9.17) is 23.8 Å². The second-order valence-electron chi connectivity index (χ2n) is 3.20. The van der Waals surface area contributed by atoms with Crippen LogP contribution in [0.25, 0.3) is 0 Å². The summed E-state index contributed by atoms with van der Waals surface area (Å²) in [5.41, 5.74) is 0.602. The standard InChI is InChI=1S/C10H9ClN2OS/c11-8-3-1-7(2-4-8)9(14)13-6-5-12-10(13)15/h1-4H,5-6H2,(H,12,15). The largest absolute Gasteiger partial charge is 0.360 e. The highest BCUT2D eigenvalue weighted by atomic mass is 35.5. The topological polar surface area (TPSA) is 32.3 Å². The Morgan fingerprint density at radius 2 is 2.07 bits per heavy atom. The number of nitrogens with one attached hydrogen (secondary N) is 1. The number of thiocarbonyl (C=S) groups is 1. The summed E-state index contributed by atoms with van der Waals surface area (Å²) in [6, 6.07) is 6.79. The van der Waals surface area contributed by atoms with E-state index in [9.17, 15) is 4.79 Å². The van der Waals surface area contributed by atoms with Crippen LogP contribution in [0.1, 0.15) is 10.4 Å². The van der Waals surface area contributed by atoms with Crippen molar-refractivity contribution in [3.05, 3.63) is 34.9 Å². The Balaban J connectivity index is 2.20. The Hall–Kier alpha value is -1.13. The maximum absolute atomic E-state index is 11.9. The van der Waals surface area contributed by atoms with Gasteiger partial charge in [-0.2, -0.15) is 0 Å². The first kappa shape index (κ1) is 10.4. The molecular weight excluding hydrogens is 232 g/mol. The summed E-state index contributed by atoms with van der Waals surface area (Å²) in [4.78, 5) is 13.5. The minimum Gasteiger partial charge on any atom is -0.360 e. The molecule has 1 aromatic rings. The molecule has 5 heteroatoms. The summed E-state index contributed by atoms with van der Waals surface area (Å²) in [7, 11) is 0. The number of halogens is 1. The van der Waals surface area contributed by atoms with Gasteiger partial charge in [0.05, 0.1) is 0 Å². The molecule has 2 rings (SSSR count). The molecule has 15 heavy (non-hydrogen) atoms. The average Bonchev–Trinajstić information content (AvgIpc) is 2.65. The van der Waals surface area contributed by atoms with Gasteiger partial charge in [-0.15, -0.1) is 0 Å². The first-order valence-electron chi connectivity index (χ1n) is 4.54. The zero-order chi connectivity index (χ0) is 10.8. The van der Waals surface area contributed by atoms with Crippen LogP contribution in [0.4, 0.5) is 0 Å². The van der Waals surface area contributed by atoms with Gasteiger partial charge < -0.3 is 5.32 Å². The highest BCUT2D eigenvalue weighted by molar-refractivity contribution is 7.80. The molecule has 0 unspecified atom stereocenters. The lowest BCUT2D eigenvalue weighted by Gasteiger charge is -2.14. The summed E-state index contributed by atoms with van der Waals surface area (Å²) >= 11 is 10.8. The van der Waals surface area contributed by atoms with Gasteiger partial charge in [-0.3, -0.25) is 9.69 Å². The minimum atomic E-state index is -0.0818. The van der Waals surface area contributed by atoms with Gasteiger partial charge in [0.15, 0.2) is 5.11 Å². The van der Waals surface area contributed by atoms with Crippen molar-refractivity contribution in [2.75, 3.05) is 13.1 Å². The number of benzene rings is 1. The van der Waals surface area contributed by atoms with Gasteiger partial charge in [-0.05, 0) is 36.5 Å². The van der Waals surface area contributed by atoms with E-state index in [0.29, 0.717) is 22.2 Å². The van der Waals surface area contributed by atoms with Gasteiger partial charge in [-0.25, -0.2) is 0 Å². The van der Waals surface area contributed by atoms with Crippen molar-refractivity contribution < 1.29 is 4.79 Å². The van der Waals surface area contributed by atoms with Crippen molar-refractivity contribution in [1.82, 2.24) is 10.2 Å². The molecule has 3 nitrogen and oxygen atoms in total. The lowest BCUT2D eigenvalue weighted by atomic mass is 10.2. The van der Waals surface area contributed by atoms with E-state index in [1.807, 2.05) is 0 Å². The molecule has 0 radical (unpaired) electrons. The van der Waals surface area contributed by atoms with Gasteiger partial charge in [0.1, 0.15) is 0 Å². The molecule has 0 aliphatic carbocycles. The molecule has 0 bridgehead atoms. The quantitative estimate of drug-likeness (QED) is 0.758. The van der Waals surface area contributed by atoms with Crippen molar-refractivity contribution in [2.45, 2.75) is 0 Å². The average molecular weight is 241 g/mol. The van der Waals surface area contributed by atoms with E-state index >= 15 is 0 Å². The molecule has 1 N–H and O–H groups in total. The minimum absolute atomic E-state index is 0.0818. The molecule has 78 valence electrons. The fourth-order valence-corrected chi connectivity index (χ4v) is 1.82. The summed E-state index contributed by atoms with van der Waals surface area (Å²) in [5, 5.41) is 4.06. The van der Waals surface area contributed by atoms with Crippen LogP contribution in [0, 0.1) is 0 Å². The molecule has 1 aliphatic heterocycles. The Morgan fingerprint density at radius 1 is 1.40 bits per heavy atom. The normalized spacial score (nSPS) is 15.3. The molecule has 1 fully saturated rings. The third kappa shape index (κ3) is 2.11. The molecule has 0 atom stereocenters. The summed E-state index contributed by atoms with van der Waals surface area (Å²) < 4.78 is 0. The van der Waals surface area contributed by atoms with E-state index in [0.717, 1.165) is 6.54 Å². The molecular formula is C10H9ClN2OS. The van der Waals surface area contributed by atoms with Crippen molar-refractivity contribution in [1.29, 1.82) is 0 Å². The number of carbonyl (C=O) groups is 1. The van der Waals surface area contributed by atoms with Crippen LogP contribution in [-0.2, 0) is 0 Å². The third-order valence-corrected chi connectivity index (χ3v) is 2.81. The SMILES string of the molecule is O=C(c1ccc(Cl)cc1)N1CCNC1=S. The van der Waals surface area contributed by atoms with Crippen LogP contribution in [0.5, 0.6) is 0 Å². The van der Waals surface area contributed by atoms with Crippen molar-refractivity contribution in [2.24, 2.45) is 0 Å². The second-order valence-corrected chi connectivity index (χ2v) is 4.02. The maximum atomic E-state index is 11.9. The Labute approximate surface area is 98.0 Å². The molecule has 0 aromatic heterocycles. The highest BCUT2D eigenvalue weighted by Crippen LogP contribution is 2.12. The van der Waals surface area contributed by atoms with Gasteiger partial charge in [0.2, 0.25) is 0 Å². The summed E-state index contributed by atoms with van der Waals surface area (Å²) in [5.74, 6) is -0.0818. The predicted molar refractivity (Wildman–Crippen MR) is 63.1 cm³/mol. The van der Waals surface area contributed by atoms with Gasteiger partial charge in [0.25, 0.3) is 5.91 Å². The summed E-state index contributed by atoms with van der Waals surface area (Å²) in [6.45, 7) is 1.35. The van der Waals surface area contributed by atoms with Crippen molar-refractivity contribution in [3.8, 4) is 0 Å². The van der Waals surface area contributed by atoms with E-state index < -0.39 is 0 Å². The molecule has 0 spiro atoms. The van der Waals surface area contributed by atoms with E-state index in [1.54, 1.807) is 29.2 Å². The van der Waals surface area contributed by atoms with Crippen LogP contribution in [0.2, 0.25) is 5.02 Å². The van der Waals surface area contributed by atoms with E-state index in [1.165, 1.54) is 0 Å². The highest BCUT2D eigenvalue weighted by Gasteiger charge is 2.23. The van der Waals surface area contributed by atoms with Crippen LogP contribution in [0.3, 0.4) is 0 Å². The maximum Gasteiger partial charge on any atom is 0.260 e. The number of hydrogen-bond donors (Lipinski definition) is 1. The number of nitrogens with zero attached hydrogens (tertiary/aromatic N) is 1. The smallest absolute Gasteiger partial charge is 0.260 e. The van der Waals surface area contributed by atoms with Crippen LogP contribution in [0.15, 0.2) is 24.3 Å². The predicted octanol–water partition coefficient (Wildman–Crippen LogP) is 1.67. The Morgan fingerprint density at radius 3 is 2.60 bits per heavy atom. The van der Waals surface area contributed by atoms with Crippen LogP contribution < -0.4 is 5.32 Å². The van der Waals surface area contributed by atoms with Crippen LogP contribution in [-0.4, -0.2) is 29.0 Å². The van der Waals surface area contributed by atoms with Crippen molar-refractivity contribution >= 4 is 34.8 Å². The second kappa shape index (κ2) is 4.16. The van der Waals surface area contributed by atoms with Gasteiger partial charge >= 0.3 is 0 Å². The number of carbonyl (C=O) groups excluding carboxylic acids is 1. The zero-order valence-corrected chi connectivity index (χ0v) is 9.44. The van der Waals surface area contributed by atoms with Gasteiger partial charge in [-0.1, -0.05) is 11.6 Å². The molecule has 1 aliphatic rings. The molecule has 1 aromatic carbocycles. The molecule has 1 saturated heterocycles. The van der Waals surface area contributed by atoms with E-state index in [2.05, 4.69) is 5.32 Å². The Bertz CT molecular complexity index is 404. The zero-order valence-electron chi connectivity index (χ0n) is 7.87. The van der Waals surface area contributed by atoms with Crippen molar-refractivity contribution in [3.63, 3.8) is 0 Å². The lowest BCUT2D eigenvalue weighted by molar-refractivity contribution is 0.0861. The number of amides is 1. The van der Waals surface area contributed by atoms with E-state index in [-0.39, 0.29) is 5.91 Å². The number of rotatable bonds is 1. The van der Waals surface area contributed by atoms with Crippen LogP contribution >= 0.6 is 23.8 Å². The number of hydrogen-bond acceptors (Lipinski definition) is 2. The molecule has 1 heterocycles. The monoisotopic (exact) mass is 240 g/mol. The van der Waals surface area contributed by atoms with Gasteiger partial charge in [0, 0.05) is 23.7 Å². The fourth-order valence-electron chi connectivity index (χ4n) is 1.41. The first-order chi connectivity index (χ1) is 7.18. The Kier molecular flexibility index (Phi) is 2.88. The lowest BCUT2D eigenvalue weighted by Crippen LogP contribution is -2.33. The fraction of sp³-hybridized carbons (Fsp3) is 0.200. The third-order valence-electron chi connectivity index (χ3n) is 2.19. The first-order valence-corrected chi connectivity index (χ1v) is 5.32.